The standard InChI is InChI=1S/2C29H19NO.2O.W/c2*31-29-27(24-15-6-11-20-9-2-4-13-22(20)24)18-26(25-16-7-17-30-28(25)29)23-14-5-10-19-8-1-3-12-21(19)23;;;/h2*1-18,31H;;;. The first-order chi connectivity index (χ1) is 32.0. The number of phenols is 2. The summed E-state index contributed by atoms with van der Waals surface area (Å²) >= 11 is -2.25. The van der Waals surface area contributed by atoms with Crippen molar-refractivity contribution in [2.24, 2.45) is 0 Å². The third-order valence-electron chi connectivity index (χ3n) is 12.1. The molecular formula is C58H38N2O4W. The van der Waals surface area contributed by atoms with Crippen LogP contribution in [0.1, 0.15) is 0 Å². The Morgan fingerprint density at radius 1 is 0.292 bits per heavy atom. The molecule has 0 amide bonds. The van der Waals surface area contributed by atoms with Gasteiger partial charge in [-0.1, -0.05) is 182 Å². The van der Waals surface area contributed by atoms with Crippen molar-refractivity contribution in [2.75, 3.05) is 0 Å². The molecule has 12 aromatic rings. The summed E-state index contributed by atoms with van der Waals surface area (Å²) in [6, 6.07) is 70.6. The van der Waals surface area contributed by atoms with E-state index in [1.807, 2.05) is 60.7 Å². The third-order valence-corrected chi connectivity index (χ3v) is 12.1. The number of hydrogen-bond donors (Lipinski definition) is 2. The van der Waals surface area contributed by atoms with E-state index in [-0.39, 0.29) is 11.5 Å². The summed E-state index contributed by atoms with van der Waals surface area (Å²) in [5, 5.41) is 33.7. The molecule has 0 radical (unpaired) electrons. The first-order valence-corrected chi connectivity index (χ1v) is 23.5. The van der Waals surface area contributed by atoms with Crippen LogP contribution in [0.4, 0.5) is 0 Å². The second-order valence-corrected chi connectivity index (χ2v) is 16.1. The first-order valence-electron chi connectivity index (χ1n) is 21.1. The third kappa shape index (κ3) is 7.64. The zero-order valence-electron chi connectivity index (χ0n) is 34.8. The Balaban J connectivity index is 0.000000145. The van der Waals surface area contributed by atoms with Crippen molar-refractivity contribution < 1.29 is 35.5 Å². The fraction of sp³-hybridized carbons (Fsp3) is 0. The number of nitrogens with zero attached hydrogens (tertiary/aromatic N) is 2. The molecule has 0 aliphatic rings. The molecule has 65 heavy (non-hydrogen) atoms. The Morgan fingerprint density at radius 3 is 0.877 bits per heavy atom. The van der Waals surface area contributed by atoms with Crippen molar-refractivity contribution in [1.82, 2.24) is 9.97 Å². The van der Waals surface area contributed by atoms with Gasteiger partial charge in [-0.05, 0) is 101 Å². The second-order valence-electron chi connectivity index (χ2n) is 15.6. The predicted molar refractivity (Wildman–Crippen MR) is 260 cm³/mol. The predicted octanol–water partition coefficient (Wildman–Crippen LogP) is 14.9. The van der Waals surface area contributed by atoms with Gasteiger partial charge in [0.1, 0.15) is 22.5 Å². The van der Waals surface area contributed by atoms with Crippen LogP contribution in [0.2, 0.25) is 0 Å². The van der Waals surface area contributed by atoms with Crippen molar-refractivity contribution in [3.63, 3.8) is 0 Å². The van der Waals surface area contributed by atoms with Gasteiger partial charge in [0.05, 0.1) is 0 Å². The van der Waals surface area contributed by atoms with E-state index in [2.05, 4.69) is 156 Å². The van der Waals surface area contributed by atoms with Gasteiger partial charge in [0, 0.05) is 34.3 Å². The van der Waals surface area contributed by atoms with Crippen molar-refractivity contribution in [3.05, 3.63) is 219 Å². The molecule has 0 saturated heterocycles. The van der Waals surface area contributed by atoms with E-state index < -0.39 is 18.5 Å². The quantitative estimate of drug-likeness (QED) is 0.182. The summed E-state index contributed by atoms with van der Waals surface area (Å²) in [6.07, 6.45) is 3.48. The Morgan fingerprint density at radius 2 is 0.554 bits per heavy atom. The van der Waals surface area contributed by atoms with E-state index >= 15 is 0 Å². The van der Waals surface area contributed by atoms with Crippen molar-refractivity contribution in [3.8, 4) is 56.0 Å². The zero-order chi connectivity index (χ0) is 44.3. The molecule has 0 unspecified atom stereocenters. The fourth-order valence-corrected chi connectivity index (χ4v) is 9.16. The van der Waals surface area contributed by atoms with E-state index in [4.69, 9.17) is 6.80 Å². The second kappa shape index (κ2) is 18.0. The maximum atomic E-state index is 11.3. The topological polar surface area (TPSA) is 100 Å². The summed E-state index contributed by atoms with van der Waals surface area (Å²) in [6.45, 7) is 0. The molecule has 310 valence electrons. The van der Waals surface area contributed by atoms with Crippen LogP contribution in [0.15, 0.2) is 219 Å². The normalized spacial score (nSPS) is 11.0. The average Bonchev–Trinajstić information content (AvgIpc) is 3.37. The molecule has 7 heteroatoms. The molecule has 0 spiro atoms. The first kappa shape index (κ1) is 41.0. The number of benzene rings is 10. The van der Waals surface area contributed by atoms with Crippen molar-refractivity contribution in [2.45, 2.75) is 0 Å². The van der Waals surface area contributed by atoms with Crippen molar-refractivity contribution in [1.29, 1.82) is 0 Å². The number of phenolic OH excluding ortho intramolecular Hbond substituents is 2. The fourth-order valence-electron chi connectivity index (χ4n) is 9.16. The zero-order valence-corrected chi connectivity index (χ0v) is 37.7. The SMILES string of the molecule is Oc1c(-c2cccc3ccccc23)cc(-c2cccc3ccccc23)c2cccnc12.Oc1c(-c2cccc3ccccc23)cc(-c2cccc3ccccc23)c2cccnc12.[O]=[W]=[O]. The van der Waals surface area contributed by atoms with Gasteiger partial charge in [0.25, 0.3) is 0 Å². The van der Waals surface area contributed by atoms with E-state index in [1.54, 1.807) is 12.4 Å². The molecule has 10 aromatic carbocycles. The maximum absolute atomic E-state index is 11.3. The monoisotopic (exact) mass is 1010 g/mol. The molecule has 12 rings (SSSR count). The minimum atomic E-state index is -2.25. The molecule has 0 aliphatic carbocycles. The molecule has 0 atom stereocenters. The van der Waals surface area contributed by atoms with Crippen LogP contribution in [0.5, 0.6) is 11.5 Å². The van der Waals surface area contributed by atoms with Gasteiger partial charge in [-0.2, -0.15) is 0 Å². The number of aromatic hydroxyl groups is 2. The summed E-state index contributed by atoms with van der Waals surface area (Å²) in [7, 11) is 0. The molecule has 0 saturated carbocycles. The Kier molecular flexibility index (Phi) is 11.3. The Hall–Kier alpha value is -8.05. The Labute approximate surface area is 382 Å². The van der Waals surface area contributed by atoms with Gasteiger partial charge in [0.15, 0.2) is 0 Å². The van der Waals surface area contributed by atoms with Gasteiger partial charge >= 0.3 is 25.3 Å². The molecule has 2 N–H and O–H groups in total. The molecule has 0 aliphatic heterocycles. The number of hydrogen-bond acceptors (Lipinski definition) is 6. The van der Waals surface area contributed by atoms with Crippen LogP contribution in [0.25, 0.3) is 109 Å². The van der Waals surface area contributed by atoms with Crippen LogP contribution in [-0.2, 0) is 25.3 Å². The van der Waals surface area contributed by atoms with Crippen LogP contribution in [0, 0.1) is 0 Å². The number of aromatic nitrogens is 2. The van der Waals surface area contributed by atoms with E-state index in [0.717, 1.165) is 76.8 Å². The Bertz CT molecular complexity index is 3540. The van der Waals surface area contributed by atoms with Gasteiger partial charge in [-0.3, -0.25) is 9.97 Å². The average molecular weight is 1010 g/mol. The summed E-state index contributed by atoms with van der Waals surface area (Å²) in [5.41, 5.74) is 9.26. The van der Waals surface area contributed by atoms with Gasteiger partial charge in [-0.15, -0.1) is 0 Å². The number of fused-ring (bicyclic) bond motifs is 6. The molecule has 0 bridgehead atoms. The van der Waals surface area contributed by atoms with Gasteiger partial charge < -0.3 is 10.2 Å². The van der Waals surface area contributed by atoms with Crippen LogP contribution < -0.4 is 0 Å². The molecule has 6 nitrogen and oxygen atoms in total. The van der Waals surface area contributed by atoms with E-state index in [0.29, 0.717) is 11.0 Å². The molecule has 2 aromatic heterocycles. The van der Waals surface area contributed by atoms with Crippen LogP contribution >= 0.6 is 0 Å². The van der Waals surface area contributed by atoms with E-state index in [9.17, 15) is 10.2 Å². The molecule has 0 fully saturated rings. The van der Waals surface area contributed by atoms with Gasteiger partial charge in [-0.25, -0.2) is 0 Å². The van der Waals surface area contributed by atoms with Gasteiger partial charge in [0.2, 0.25) is 0 Å². The summed E-state index contributed by atoms with van der Waals surface area (Å²) in [5.74, 6) is 0.437. The molecule has 2 heterocycles. The minimum absolute atomic E-state index is 0.218. The van der Waals surface area contributed by atoms with Crippen LogP contribution in [-0.4, -0.2) is 20.2 Å². The summed E-state index contributed by atoms with van der Waals surface area (Å²) in [4.78, 5) is 9.13. The van der Waals surface area contributed by atoms with Crippen molar-refractivity contribution >= 4 is 64.9 Å². The summed E-state index contributed by atoms with van der Waals surface area (Å²) < 4.78 is 17.1. The molecular weight excluding hydrogens is 972 g/mol. The van der Waals surface area contributed by atoms with Crippen LogP contribution in [0.3, 0.4) is 0 Å². The van der Waals surface area contributed by atoms with E-state index in [1.165, 1.54) is 21.5 Å². The number of pyridine rings is 2. The number of rotatable bonds is 4.